The summed E-state index contributed by atoms with van der Waals surface area (Å²) in [5.41, 5.74) is -0.172. The molecular formula is C17H21F2N3O3. The quantitative estimate of drug-likeness (QED) is 0.653. The molecule has 1 saturated heterocycles. The van der Waals surface area contributed by atoms with Crippen molar-refractivity contribution in [3.8, 4) is 0 Å². The molecule has 2 rings (SSSR count). The van der Waals surface area contributed by atoms with Crippen molar-refractivity contribution in [2.45, 2.75) is 32.1 Å². The molecule has 136 valence electrons. The Morgan fingerprint density at radius 3 is 2.52 bits per heavy atom. The molecule has 2 amide bonds. The summed E-state index contributed by atoms with van der Waals surface area (Å²) in [5.74, 6) is -2.56. The van der Waals surface area contributed by atoms with E-state index < -0.39 is 17.5 Å². The van der Waals surface area contributed by atoms with Gasteiger partial charge in [0.1, 0.15) is 17.8 Å². The van der Waals surface area contributed by atoms with Crippen LogP contribution in [0.5, 0.6) is 0 Å². The van der Waals surface area contributed by atoms with E-state index in [0.717, 1.165) is 44.0 Å². The summed E-state index contributed by atoms with van der Waals surface area (Å²) in [7, 11) is 0. The smallest absolute Gasteiger partial charge is 0.270 e. The lowest BCUT2D eigenvalue weighted by Crippen LogP contribution is -2.36. The van der Waals surface area contributed by atoms with E-state index in [1.165, 1.54) is 6.42 Å². The van der Waals surface area contributed by atoms with E-state index in [-0.39, 0.29) is 18.2 Å². The van der Waals surface area contributed by atoms with Gasteiger partial charge in [-0.15, -0.1) is 0 Å². The highest BCUT2D eigenvalue weighted by Gasteiger charge is 2.15. The van der Waals surface area contributed by atoms with E-state index in [2.05, 4.69) is 10.5 Å². The van der Waals surface area contributed by atoms with Crippen LogP contribution in [0.15, 0.2) is 23.4 Å². The Balaban J connectivity index is 1.74. The van der Waals surface area contributed by atoms with Crippen LogP contribution in [-0.4, -0.2) is 42.6 Å². The van der Waals surface area contributed by atoms with Gasteiger partial charge >= 0.3 is 0 Å². The Morgan fingerprint density at radius 2 is 1.84 bits per heavy atom. The molecule has 0 spiro atoms. The molecule has 6 nitrogen and oxygen atoms in total. The van der Waals surface area contributed by atoms with Crippen LogP contribution in [-0.2, 0) is 14.4 Å². The van der Waals surface area contributed by atoms with Gasteiger partial charge in [-0.3, -0.25) is 9.59 Å². The van der Waals surface area contributed by atoms with Crippen molar-refractivity contribution in [1.82, 2.24) is 4.90 Å². The van der Waals surface area contributed by atoms with E-state index in [0.29, 0.717) is 19.2 Å². The number of amides is 2. The van der Waals surface area contributed by atoms with Crippen molar-refractivity contribution in [2.75, 3.05) is 25.0 Å². The van der Waals surface area contributed by atoms with E-state index in [4.69, 9.17) is 4.84 Å². The molecule has 0 bridgehead atoms. The summed E-state index contributed by atoms with van der Waals surface area (Å²) in [6.45, 7) is 1.15. The molecule has 1 aliphatic rings. The number of anilines is 1. The Bertz CT molecular complexity index is 630. The van der Waals surface area contributed by atoms with Crippen molar-refractivity contribution in [3.05, 3.63) is 29.8 Å². The number of oxime groups is 1. The third-order valence-electron chi connectivity index (χ3n) is 3.83. The van der Waals surface area contributed by atoms with Gasteiger partial charge < -0.3 is 15.1 Å². The standard InChI is InChI=1S/C17H21F2N3O3/c18-13-6-7-15(14(19)10-13)21-16(23)11-20-25-12-17(24)22-8-4-2-1-3-5-9-22/h6-7,10-11H,1-5,8-9,12H2,(H,21,23). The van der Waals surface area contributed by atoms with E-state index in [9.17, 15) is 18.4 Å². The number of rotatable bonds is 5. The summed E-state index contributed by atoms with van der Waals surface area (Å²) < 4.78 is 26.2. The summed E-state index contributed by atoms with van der Waals surface area (Å²) in [5, 5.41) is 5.61. The second-order valence-corrected chi connectivity index (χ2v) is 5.77. The zero-order valence-corrected chi connectivity index (χ0v) is 13.8. The van der Waals surface area contributed by atoms with Gasteiger partial charge in [0, 0.05) is 19.2 Å². The average Bonchev–Trinajstić information content (AvgIpc) is 2.54. The molecule has 0 saturated carbocycles. The molecular weight excluding hydrogens is 332 g/mol. The molecule has 1 heterocycles. The van der Waals surface area contributed by atoms with Crippen molar-refractivity contribution >= 4 is 23.7 Å². The molecule has 0 aliphatic carbocycles. The van der Waals surface area contributed by atoms with Gasteiger partial charge in [0.15, 0.2) is 6.61 Å². The normalized spacial score (nSPS) is 15.5. The maximum Gasteiger partial charge on any atom is 0.270 e. The SMILES string of the molecule is O=C(C=NOCC(=O)N1CCCCCCC1)Nc1ccc(F)cc1F. The topological polar surface area (TPSA) is 71.0 Å². The molecule has 0 radical (unpaired) electrons. The number of nitrogens with zero attached hydrogens (tertiary/aromatic N) is 2. The first-order valence-electron chi connectivity index (χ1n) is 8.25. The molecule has 1 fully saturated rings. The molecule has 0 aromatic heterocycles. The summed E-state index contributed by atoms with van der Waals surface area (Å²) >= 11 is 0. The Kier molecular flexibility index (Phi) is 7.31. The molecule has 1 aliphatic heterocycles. The Hall–Kier alpha value is -2.51. The molecule has 0 unspecified atom stereocenters. The van der Waals surface area contributed by atoms with Gasteiger partial charge in [-0.05, 0) is 25.0 Å². The second-order valence-electron chi connectivity index (χ2n) is 5.77. The fourth-order valence-corrected chi connectivity index (χ4v) is 2.52. The van der Waals surface area contributed by atoms with Gasteiger partial charge in [0.05, 0.1) is 5.69 Å². The zero-order chi connectivity index (χ0) is 18.1. The monoisotopic (exact) mass is 353 g/mol. The minimum Gasteiger partial charge on any atom is -0.386 e. The van der Waals surface area contributed by atoms with E-state index in [1.807, 2.05) is 0 Å². The lowest BCUT2D eigenvalue weighted by atomic mass is 10.1. The molecule has 1 aromatic carbocycles. The van der Waals surface area contributed by atoms with Crippen LogP contribution in [0, 0.1) is 11.6 Å². The number of likely N-dealkylation sites (tertiary alicyclic amines) is 1. The number of carbonyl (C=O) groups excluding carboxylic acids is 2. The van der Waals surface area contributed by atoms with Gasteiger partial charge in [0.2, 0.25) is 0 Å². The molecule has 1 aromatic rings. The largest absolute Gasteiger partial charge is 0.386 e. The number of hydrogen-bond acceptors (Lipinski definition) is 4. The third-order valence-corrected chi connectivity index (χ3v) is 3.83. The van der Waals surface area contributed by atoms with Gasteiger partial charge in [-0.2, -0.15) is 0 Å². The third kappa shape index (κ3) is 6.48. The zero-order valence-electron chi connectivity index (χ0n) is 13.8. The van der Waals surface area contributed by atoms with Crippen LogP contribution >= 0.6 is 0 Å². The van der Waals surface area contributed by atoms with Crippen LogP contribution in [0.1, 0.15) is 32.1 Å². The maximum atomic E-state index is 13.4. The number of nitrogens with one attached hydrogen (secondary N) is 1. The minimum atomic E-state index is -0.894. The van der Waals surface area contributed by atoms with Crippen molar-refractivity contribution in [2.24, 2.45) is 5.16 Å². The number of benzene rings is 1. The van der Waals surface area contributed by atoms with Crippen LogP contribution < -0.4 is 5.32 Å². The van der Waals surface area contributed by atoms with Crippen LogP contribution in [0.3, 0.4) is 0 Å². The lowest BCUT2D eigenvalue weighted by molar-refractivity contribution is -0.136. The van der Waals surface area contributed by atoms with E-state index >= 15 is 0 Å². The van der Waals surface area contributed by atoms with Crippen LogP contribution in [0.2, 0.25) is 0 Å². The fraction of sp³-hybridized carbons (Fsp3) is 0.471. The first-order chi connectivity index (χ1) is 12.1. The molecule has 0 atom stereocenters. The lowest BCUT2D eigenvalue weighted by Gasteiger charge is -2.24. The molecule has 1 N–H and O–H groups in total. The van der Waals surface area contributed by atoms with Crippen molar-refractivity contribution in [3.63, 3.8) is 0 Å². The average molecular weight is 353 g/mol. The van der Waals surface area contributed by atoms with Gasteiger partial charge in [0.25, 0.3) is 11.8 Å². The summed E-state index contributed by atoms with van der Waals surface area (Å²) in [4.78, 5) is 30.2. The van der Waals surface area contributed by atoms with Gasteiger partial charge in [-0.25, -0.2) is 8.78 Å². The second kappa shape index (κ2) is 9.71. The number of carbonyl (C=O) groups is 2. The Labute approximate surface area is 144 Å². The summed E-state index contributed by atoms with van der Waals surface area (Å²) in [6, 6.07) is 2.78. The highest BCUT2D eigenvalue weighted by Crippen LogP contribution is 2.14. The van der Waals surface area contributed by atoms with Crippen molar-refractivity contribution in [1.29, 1.82) is 0 Å². The Morgan fingerprint density at radius 1 is 1.16 bits per heavy atom. The first kappa shape index (κ1) is 18.8. The van der Waals surface area contributed by atoms with E-state index in [1.54, 1.807) is 4.90 Å². The number of halogens is 2. The van der Waals surface area contributed by atoms with Crippen molar-refractivity contribution < 1.29 is 23.2 Å². The highest BCUT2D eigenvalue weighted by atomic mass is 19.1. The minimum absolute atomic E-state index is 0.172. The molecule has 25 heavy (non-hydrogen) atoms. The van der Waals surface area contributed by atoms with Crippen LogP contribution in [0.25, 0.3) is 0 Å². The highest BCUT2D eigenvalue weighted by molar-refractivity contribution is 6.31. The van der Waals surface area contributed by atoms with Gasteiger partial charge in [-0.1, -0.05) is 24.4 Å². The predicted molar refractivity (Wildman–Crippen MR) is 89.1 cm³/mol. The predicted octanol–water partition coefficient (Wildman–Crippen LogP) is 2.70. The van der Waals surface area contributed by atoms with Crippen LogP contribution in [0.4, 0.5) is 14.5 Å². The first-order valence-corrected chi connectivity index (χ1v) is 8.25. The number of hydrogen-bond donors (Lipinski definition) is 1. The maximum absolute atomic E-state index is 13.4. The molecule has 8 heteroatoms. The fourth-order valence-electron chi connectivity index (χ4n) is 2.52. The summed E-state index contributed by atoms with van der Waals surface area (Å²) in [6.07, 6.45) is 6.17.